The van der Waals surface area contributed by atoms with Crippen molar-refractivity contribution in [1.82, 2.24) is 15.0 Å². The Morgan fingerprint density at radius 1 is 1.43 bits per heavy atom. The van der Waals surface area contributed by atoms with Gasteiger partial charge in [-0.05, 0) is 32.6 Å². The first-order valence-electron chi connectivity index (χ1n) is 7.90. The summed E-state index contributed by atoms with van der Waals surface area (Å²) in [6, 6.07) is 0. The van der Waals surface area contributed by atoms with Crippen LogP contribution in [0.1, 0.15) is 45.8 Å². The normalized spacial score (nSPS) is 27.2. The van der Waals surface area contributed by atoms with Crippen molar-refractivity contribution in [3.05, 3.63) is 33.6 Å². The number of amides is 1. The first kappa shape index (κ1) is 14.8. The van der Waals surface area contributed by atoms with Crippen LogP contribution in [-0.2, 0) is 4.74 Å². The smallest absolute Gasteiger partial charge is 0.259 e. The molecule has 4 rings (SSSR count). The summed E-state index contributed by atoms with van der Waals surface area (Å²) in [5.41, 5.74) is 1.59. The Kier molecular flexibility index (Phi) is 3.69. The highest BCUT2D eigenvalue weighted by Gasteiger charge is 2.42. The van der Waals surface area contributed by atoms with Gasteiger partial charge in [-0.25, -0.2) is 4.98 Å². The van der Waals surface area contributed by atoms with E-state index in [4.69, 9.17) is 9.26 Å². The Hall–Kier alpha value is -1.73. The zero-order valence-electron chi connectivity index (χ0n) is 13.2. The van der Waals surface area contributed by atoms with E-state index in [2.05, 4.69) is 15.5 Å². The van der Waals surface area contributed by atoms with E-state index in [1.165, 1.54) is 6.20 Å². The molecule has 7 heteroatoms. The molecule has 6 nitrogen and oxygen atoms in total. The number of aryl methyl sites for hydroxylation is 2. The van der Waals surface area contributed by atoms with Crippen LogP contribution in [0.25, 0.3) is 0 Å². The first-order chi connectivity index (χ1) is 11.1. The molecule has 0 unspecified atom stereocenters. The second kappa shape index (κ2) is 5.72. The average Bonchev–Trinajstić information content (AvgIpc) is 3.24. The highest BCUT2D eigenvalue weighted by molar-refractivity contribution is 7.09. The molecular weight excluding hydrogens is 314 g/mol. The Balaban J connectivity index is 1.45. The molecule has 0 spiro atoms. The van der Waals surface area contributed by atoms with E-state index in [0.29, 0.717) is 23.8 Å². The maximum atomic E-state index is 12.6. The Morgan fingerprint density at radius 2 is 2.30 bits per heavy atom. The summed E-state index contributed by atoms with van der Waals surface area (Å²) in [5, 5.41) is 6.82. The van der Waals surface area contributed by atoms with Gasteiger partial charge in [0.05, 0.1) is 12.3 Å². The van der Waals surface area contributed by atoms with Gasteiger partial charge in [-0.15, -0.1) is 11.3 Å². The van der Waals surface area contributed by atoms with Crippen molar-refractivity contribution in [2.45, 2.75) is 38.9 Å². The Bertz CT molecular complexity index is 726. The van der Waals surface area contributed by atoms with E-state index in [-0.39, 0.29) is 18.1 Å². The zero-order valence-corrected chi connectivity index (χ0v) is 14.0. The molecule has 23 heavy (non-hydrogen) atoms. The number of rotatable bonds is 2. The minimum atomic E-state index is -0.0145. The molecule has 2 aromatic rings. The average molecular weight is 333 g/mol. The van der Waals surface area contributed by atoms with Gasteiger partial charge in [0, 0.05) is 24.2 Å². The molecular formula is C16H19N3O3S. The van der Waals surface area contributed by atoms with Crippen LogP contribution in [-0.4, -0.2) is 40.1 Å². The molecule has 1 amide bonds. The molecule has 2 aromatic heterocycles. The fraction of sp³-hybridized carbons (Fsp3) is 0.562. The quantitative estimate of drug-likeness (QED) is 0.845. The molecule has 0 aliphatic carbocycles. The van der Waals surface area contributed by atoms with Crippen molar-refractivity contribution in [2.75, 3.05) is 13.1 Å². The van der Waals surface area contributed by atoms with E-state index in [1.54, 1.807) is 18.3 Å². The number of fused-ring (bicyclic) bond motifs is 1. The van der Waals surface area contributed by atoms with Crippen molar-refractivity contribution in [3.8, 4) is 0 Å². The number of ether oxygens (including phenoxy) is 1. The lowest BCUT2D eigenvalue weighted by atomic mass is 9.91. The SMILES string of the molecule is Cc1csc([C@@H]2C[C@H]3CCN(C(=O)c4cnoc4C)C[C@@H]3O2)n1. The van der Waals surface area contributed by atoms with Crippen molar-refractivity contribution in [3.63, 3.8) is 0 Å². The topological polar surface area (TPSA) is 68.5 Å². The summed E-state index contributed by atoms with van der Waals surface area (Å²) in [7, 11) is 0. The van der Waals surface area contributed by atoms with Gasteiger partial charge in [0.2, 0.25) is 0 Å². The highest BCUT2D eigenvalue weighted by atomic mass is 32.1. The largest absolute Gasteiger partial charge is 0.366 e. The van der Waals surface area contributed by atoms with Crippen molar-refractivity contribution in [2.24, 2.45) is 5.92 Å². The van der Waals surface area contributed by atoms with Crippen LogP contribution in [0.5, 0.6) is 0 Å². The van der Waals surface area contributed by atoms with Gasteiger partial charge < -0.3 is 14.2 Å². The number of thiazole rings is 1. The summed E-state index contributed by atoms with van der Waals surface area (Å²) in [5.74, 6) is 1.07. The molecule has 0 saturated carbocycles. The lowest BCUT2D eigenvalue weighted by Crippen LogP contribution is -2.45. The lowest BCUT2D eigenvalue weighted by Gasteiger charge is -2.33. The third kappa shape index (κ3) is 2.68. The number of carbonyl (C=O) groups excluding carboxylic acids is 1. The van der Waals surface area contributed by atoms with Crippen LogP contribution in [0.2, 0.25) is 0 Å². The van der Waals surface area contributed by atoms with Gasteiger partial charge in [-0.2, -0.15) is 0 Å². The zero-order chi connectivity index (χ0) is 16.0. The summed E-state index contributed by atoms with van der Waals surface area (Å²) in [6.07, 6.45) is 3.66. The second-order valence-electron chi connectivity index (χ2n) is 6.32. The standard InChI is InChI=1S/C16H19N3O3S/c1-9-8-23-15(18-9)13-5-11-3-4-19(7-14(11)21-13)16(20)12-6-17-22-10(12)2/h6,8,11,13-14H,3-5,7H2,1-2H3/t11-,13+,14+/m1/s1. The van der Waals surface area contributed by atoms with Gasteiger partial charge >= 0.3 is 0 Å². The van der Waals surface area contributed by atoms with E-state index in [1.807, 2.05) is 11.8 Å². The fourth-order valence-electron chi connectivity index (χ4n) is 3.47. The first-order valence-corrected chi connectivity index (χ1v) is 8.78. The van der Waals surface area contributed by atoms with Crippen LogP contribution >= 0.6 is 11.3 Å². The highest BCUT2D eigenvalue weighted by Crippen LogP contribution is 2.42. The number of likely N-dealkylation sites (tertiary alicyclic amines) is 1. The predicted molar refractivity (Wildman–Crippen MR) is 84.3 cm³/mol. The molecule has 2 saturated heterocycles. The number of piperidine rings is 1. The summed E-state index contributed by atoms with van der Waals surface area (Å²) < 4.78 is 11.2. The van der Waals surface area contributed by atoms with Gasteiger partial charge in [0.25, 0.3) is 5.91 Å². The molecule has 3 atom stereocenters. The molecule has 4 heterocycles. The monoisotopic (exact) mass is 333 g/mol. The van der Waals surface area contributed by atoms with Gasteiger partial charge in [-0.1, -0.05) is 5.16 Å². The van der Waals surface area contributed by atoms with Crippen molar-refractivity contribution >= 4 is 17.2 Å². The van der Waals surface area contributed by atoms with Crippen molar-refractivity contribution < 1.29 is 14.1 Å². The van der Waals surface area contributed by atoms with Gasteiger partial charge in [-0.3, -0.25) is 4.79 Å². The number of carbonyl (C=O) groups is 1. The maximum Gasteiger partial charge on any atom is 0.259 e. The van der Waals surface area contributed by atoms with Crippen LogP contribution in [0, 0.1) is 19.8 Å². The summed E-state index contributed by atoms with van der Waals surface area (Å²) >= 11 is 1.66. The fourth-order valence-corrected chi connectivity index (χ4v) is 4.31. The summed E-state index contributed by atoms with van der Waals surface area (Å²) in [6.45, 7) is 5.16. The van der Waals surface area contributed by atoms with Crippen LogP contribution in [0.3, 0.4) is 0 Å². The Morgan fingerprint density at radius 3 is 3.00 bits per heavy atom. The molecule has 0 bridgehead atoms. The number of hydrogen-bond acceptors (Lipinski definition) is 6. The van der Waals surface area contributed by atoms with Gasteiger partial charge in [0.15, 0.2) is 0 Å². The van der Waals surface area contributed by atoms with E-state index in [0.717, 1.165) is 30.1 Å². The molecule has 2 fully saturated rings. The maximum absolute atomic E-state index is 12.6. The molecule has 0 radical (unpaired) electrons. The minimum Gasteiger partial charge on any atom is -0.366 e. The number of aromatic nitrogens is 2. The van der Waals surface area contributed by atoms with E-state index < -0.39 is 0 Å². The van der Waals surface area contributed by atoms with Gasteiger partial charge in [0.1, 0.15) is 22.4 Å². The molecule has 2 aliphatic heterocycles. The lowest BCUT2D eigenvalue weighted by molar-refractivity contribution is -0.00455. The molecule has 0 N–H and O–H groups in total. The third-order valence-corrected chi connectivity index (χ3v) is 5.79. The minimum absolute atomic E-state index is 0.0145. The number of hydrogen-bond donors (Lipinski definition) is 0. The predicted octanol–water partition coefficient (Wildman–Crippen LogP) is 2.74. The molecule has 122 valence electrons. The van der Waals surface area contributed by atoms with Crippen LogP contribution in [0.15, 0.2) is 16.1 Å². The third-order valence-electron chi connectivity index (χ3n) is 4.73. The summed E-state index contributed by atoms with van der Waals surface area (Å²) in [4.78, 5) is 19.0. The van der Waals surface area contributed by atoms with Crippen molar-refractivity contribution in [1.29, 1.82) is 0 Å². The Labute approximate surface area is 138 Å². The van der Waals surface area contributed by atoms with Crippen LogP contribution in [0.4, 0.5) is 0 Å². The molecule has 2 aliphatic rings. The molecule has 0 aromatic carbocycles. The van der Waals surface area contributed by atoms with Crippen LogP contribution < -0.4 is 0 Å². The number of nitrogens with zero attached hydrogens (tertiary/aromatic N) is 3. The van der Waals surface area contributed by atoms with E-state index in [9.17, 15) is 4.79 Å². The van der Waals surface area contributed by atoms with E-state index >= 15 is 0 Å². The second-order valence-corrected chi connectivity index (χ2v) is 7.21.